The second-order valence-electron chi connectivity index (χ2n) is 5.80. The topological polar surface area (TPSA) is 48.3 Å². The van der Waals surface area contributed by atoms with Crippen molar-refractivity contribution >= 4 is 0 Å². The van der Waals surface area contributed by atoms with Crippen LogP contribution in [-0.4, -0.2) is 47.8 Å². The molecular formula is C16H29N3O2. The molecule has 1 atom stereocenters. The predicted octanol–water partition coefficient (Wildman–Crippen LogP) is 1.92. The molecule has 21 heavy (non-hydrogen) atoms. The Kier molecular flexibility index (Phi) is 6.21. The third-order valence-corrected chi connectivity index (χ3v) is 4.23. The van der Waals surface area contributed by atoms with Gasteiger partial charge in [-0.1, -0.05) is 6.92 Å². The number of nitrogens with one attached hydrogen (secondary N) is 1. The van der Waals surface area contributed by atoms with Crippen molar-refractivity contribution in [2.45, 2.75) is 51.2 Å². The van der Waals surface area contributed by atoms with E-state index in [4.69, 9.17) is 9.47 Å². The van der Waals surface area contributed by atoms with Gasteiger partial charge in [-0.25, -0.2) is 0 Å². The summed E-state index contributed by atoms with van der Waals surface area (Å²) in [6, 6.07) is 2.38. The molecule has 0 bridgehead atoms. The first-order valence-electron chi connectivity index (χ1n) is 8.14. The largest absolute Gasteiger partial charge is 0.381 e. The first kappa shape index (κ1) is 16.5. The van der Waals surface area contributed by atoms with E-state index >= 15 is 0 Å². The summed E-state index contributed by atoms with van der Waals surface area (Å²) in [5, 5.41) is 8.23. The molecule has 1 aromatic heterocycles. The summed E-state index contributed by atoms with van der Waals surface area (Å²) in [7, 11) is 1.96. The molecule has 5 nitrogen and oxygen atoms in total. The fourth-order valence-electron chi connectivity index (χ4n) is 3.14. The molecule has 120 valence electrons. The van der Waals surface area contributed by atoms with Crippen molar-refractivity contribution in [2.75, 3.05) is 26.4 Å². The van der Waals surface area contributed by atoms with Gasteiger partial charge in [0, 0.05) is 58.4 Å². The van der Waals surface area contributed by atoms with Crippen molar-refractivity contribution in [1.29, 1.82) is 0 Å². The van der Waals surface area contributed by atoms with Gasteiger partial charge in [-0.15, -0.1) is 0 Å². The number of aryl methyl sites for hydroxylation is 1. The third-order valence-electron chi connectivity index (χ3n) is 4.23. The van der Waals surface area contributed by atoms with Gasteiger partial charge in [-0.3, -0.25) is 4.68 Å². The van der Waals surface area contributed by atoms with Crippen molar-refractivity contribution in [1.82, 2.24) is 15.1 Å². The van der Waals surface area contributed by atoms with E-state index in [2.05, 4.69) is 30.3 Å². The predicted molar refractivity (Wildman–Crippen MR) is 83.4 cm³/mol. The van der Waals surface area contributed by atoms with Crippen LogP contribution in [-0.2, 0) is 22.9 Å². The number of hydrogen-bond donors (Lipinski definition) is 1. The van der Waals surface area contributed by atoms with Crippen LogP contribution < -0.4 is 5.32 Å². The van der Waals surface area contributed by atoms with E-state index in [0.717, 1.165) is 57.7 Å². The van der Waals surface area contributed by atoms with Gasteiger partial charge in [0.1, 0.15) is 0 Å². The minimum Gasteiger partial charge on any atom is -0.381 e. The molecule has 2 rings (SSSR count). The first-order chi connectivity index (χ1) is 10.2. The van der Waals surface area contributed by atoms with E-state index in [-0.39, 0.29) is 11.6 Å². The molecule has 0 radical (unpaired) electrons. The van der Waals surface area contributed by atoms with E-state index in [9.17, 15) is 0 Å². The molecule has 1 N–H and O–H groups in total. The quantitative estimate of drug-likeness (QED) is 0.796. The lowest BCUT2D eigenvalue weighted by atomic mass is 9.83. The summed E-state index contributed by atoms with van der Waals surface area (Å²) < 4.78 is 13.6. The molecule has 0 amide bonds. The van der Waals surface area contributed by atoms with Gasteiger partial charge in [0.15, 0.2) is 0 Å². The Morgan fingerprint density at radius 2 is 2.19 bits per heavy atom. The van der Waals surface area contributed by atoms with Crippen molar-refractivity contribution in [3.8, 4) is 0 Å². The highest BCUT2D eigenvalue weighted by molar-refractivity contribution is 5.06. The highest BCUT2D eigenvalue weighted by Gasteiger charge is 2.41. The first-order valence-corrected chi connectivity index (χ1v) is 8.14. The Labute approximate surface area is 128 Å². The zero-order valence-electron chi connectivity index (χ0n) is 13.6. The summed E-state index contributed by atoms with van der Waals surface area (Å²) in [6.45, 7) is 7.59. The molecule has 1 fully saturated rings. The molecule has 1 aliphatic rings. The maximum absolute atomic E-state index is 6.23. The number of aromatic nitrogens is 2. The van der Waals surface area contributed by atoms with E-state index < -0.39 is 0 Å². The van der Waals surface area contributed by atoms with Crippen LogP contribution in [0.2, 0.25) is 0 Å². The Bertz CT molecular complexity index is 408. The zero-order chi connectivity index (χ0) is 15.1. The molecular weight excluding hydrogens is 266 g/mol. The minimum atomic E-state index is -0.125. The molecule has 0 spiro atoms. The lowest BCUT2D eigenvalue weighted by Gasteiger charge is -2.43. The van der Waals surface area contributed by atoms with Crippen LogP contribution >= 0.6 is 0 Å². The van der Waals surface area contributed by atoms with Crippen LogP contribution in [0.5, 0.6) is 0 Å². The number of nitrogens with zero attached hydrogens (tertiary/aromatic N) is 2. The van der Waals surface area contributed by atoms with Crippen molar-refractivity contribution in [2.24, 2.45) is 7.05 Å². The Hall–Kier alpha value is -0.910. The fourth-order valence-corrected chi connectivity index (χ4v) is 3.14. The lowest BCUT2D eigenvalue weighted by molar-refractivity contribution is -0.126. The normalized spacial score (nSPS) is 19.6. The maximum Gasteiger partial charge on any atom is 0.0882 e. The molecule has 1 aliphatic heterocycles. The Balaban J connectivity index is 2.14. The van der Waals surface area contributed by atoms with Crippen LogP contribution in [0.4, 0.5) is 0 Å². The Morgan fingerprint density at radius 1 is 1.43 bits per heavy atom. The van der Waals surface area contributed by atoms with Crippen LogP contribution in [0.1, 0.15) is 38.8 Å². The second kappa shape index (κ2) is 7.92. The van der Waals surface area contributed by atoms with Crippen LogP contribution in [0.3, 0.4) is 0 Å². The average Bonchev–Trinajstić information content (AvgIpc) is 2.90. The minimum absolute atomic E-state index is 0.125. The summed E-state index contributed by atoms with van der Waals surface area (Å²) in [5.74, 6) is 0. The summed E-state index contributed by atoms with van der Waals surface area (Å²) in [6.07, 6.45) is 5.94. The molecule has 0 aliphatic carbocycles. The van der Waals surface area contributed by atoms with Gasteiger partial charge in [0.2, 0.25) is 0 Å². The van der Waals surface area contributed by atoms with Gasteiger partial charge in [0.25, 0.3) is 0 Å². The summed E-state index contributed by atoms with van der Waals surface area (Å²) in [4.78, 5) is 0. The van der Waals surface area contributed by atoms with Crippen molar-refractivity contribution < 1.29 is 9.47 Å². The fraction of sp³-hybridized carbons (Fsp3) is 0.812. The smallest absolute Gasteiger partial charge is 0.0882 e. The highest BCUT2D eigenvalue weighted by Crippen LogP contribution is 2.30. The van der Waals surface area contributed by atoms with E-state index in [1.807, 2.05) is 17.9 Å². The van der Waals surface area contributed by atoms with Gasteiger partial charge >= 0.3 is 0 Å². The third kappa shape index (κ3) is 4.28. The Morgan fingerprint density at radius 3 is 2.76 bits per heavy atom. The monoisotopic (exact) mass is 295 g/mol. The van der Waals surface area contributed by atoms with Gasteiger partial charge in [-0.2, -0.15) is 5.10 Å². The molecule has 1 aromatic rings. The van der Waals surface area contributed by atoms with Crippen LogP contribution in [0.25, 0.3) is 0 Å². The lowest BCUT2D eigenvalue weighted by Crippen LogP contribution is -2.56. The molecule has 2 heterocycles. The SMILES string of the molecule is CCCNC(Cc1ccn(C)n1)C1(OCC)CCOCC1. The van der Waals surface area contributed by atoms with E-state index in [1.165, 1.54) is 0 Å². The van der Waals surface area contributed by atoms with Crippen molar-refractivity contribution in [3.05, 3.63) is 18.0 Å². The summed E-state index contributed by atoms with van der Waals surface area (Å²) >= 11 is 0. The molecule has 0 saturated carbocycles. The average molecular weight is 295 g/mol. The number of hydrogen-bond acceptors (Lipinski definition) is 4. The molecule has 1 saturated heterocycles. The highest BCUT2D eigenvalue weighted by atomic mass is 16.5. The van der Waals surface area contributed by atoms with Crippen molar-refractivity contribution in [3.63, 3.8) is 0 Å². The van der Waals surface area contributed by atoms with E-state index in [0.29, 0.717) is 0 Å². The zero-order valence-corrected chi connectivity index (χ0v) is 13.6. The molecule has 1 unspecified atom stereocenters. The van der Waals surface area contributed by atoms with Crippen LogP contribution in [0.15, 0.2) is 12.3 Å². The van der Waals surface area contributed by atoms with E-state index in [1.54, 1.807) is 0 Å². The van der Waals surface area contributed by atoms with Gasteiger partial charge in [0.05, 0.1) is 11.3 Å². The number of rotatable bonds is 8. The van der Waals surface area contributed by atoms with Crippen LogP contribution in [0, 0.1) is 0 Å². The van der Waals surface area contributed by atoms with Gasteiger partial charge < -0.3 is 14.8 Å². The molecule has 5 heteroatoms. The summed E-state index contributed by atoms with van der Waals surface area (Å²) in [5.41, 5.74) is 0.997. The second-order valence-corrected chi connectivity index (χ2v) is 5.80. The number of ether oxygens (including phenoxy) is 2. The standard InChI is InChI=1S/C16H29N3O2/c1-4-9-17-15(13-14-6-10-19(3)18-14)16(21-5-2)7-11-20-12-8-16/h6,10,15,17H,4-5,7-9,11-13H2,1-3H3. The molecule has 0 aromatic carbocycles. The van der Waals surface area contributed by atoms with Gasteiger partial charge in [-0.05, 0) is 26.0 Å². The maximum atomic E-state index is 6.23.